The first-order valence-electron chi connectivity index (χ1n) is 7.35. The fourth-order valence-corrected chi connectivity index (χ4v) is 1.86. The van der Waals surface area contributed by atoms with Gasteiger partial charge >= 0.3 is 0 Å². The molecule has 3 heteroatoms. The molecule has 0 fully saturated rings. The molecule has 0 bridgehead atoms. The van der Waals surface area contributed by atoms with Crippen molar-refractivity contribution in [2.45, 2.75) is 59.3 Å². The van der Waals surface area contributed by atoms with Crippen molar-refractivity contribution in [2.24, 2.45) is 5.92 Å². The molecule has 1 aromatic carbocycles. The largest absolute Gasteiger partial charge is 0.369 e. The van der Waals surface area contributed by atoms with Crippen LogP contribution in [0.25, 0.3) is 0 Å². The molecule has 0 aromatic heterocycles. The van der Waals surface area contributed by atoms with Crippen LogP contribution in [0.1, 0.15) is 53.2 Å². The summed E-state index contributed by atoms with van der Waals surface area (Å²) in [5.41, 5.74) is 1.24. The maximum Gasteiger partial charge on any atom is 0.0953 e. The Balaban J connectivity index is 2.80. The van der Waals surface area contributed by atoms with Crippen molar-refractivity contribution in [3.05, 3.63) is 34.9 Å². The number of ether oxygens (including phenoxy) is 1. The molecule has 0 aliphatic carbocycles. The van der Waals surface area contributed by atoms with Crippen LogP contribution >= 0.6 is 11.6 Å². The van der Waals surface area contributed by atoms with Gasteiger partial charge < -0.3 is 10.1 Å². The molecule has 0 saturated carbocycles. The third-order valence-electron chi connectivity index (χ3n) is 3.38. The van der Waals surface area contributed by atoms with Crippen molar-refractivity contribution in [3.63, 3.8) is 0 Å². The molecule has 0 aliphatic rings. The molecule has 0 radical (unpaired) electrons. The van der Waals surface area contributed by atoms with Gasteiger partial charge in [0.15, 0.2) is 0 Å². The van der Waals surface area contributed by atoms with E-state index in [4.69, 9.17) is 16.3 Å². The molecule has 1 rings (SSSR count). The molecular weight excluding hydrogens is 270 g/mol. The van der Waals surface area contributed by atoms with Gasteiger partial charge in [-0.2, -0.15) is 0 Å². The van der Waals surface area contributed by atoms with E-state index in [1.54, 1.807) is 0 Å². The predicted octanol–water partition coefficient (Wildman–Crippen LogP) is 4.83. The summed E-state index contributed by atoms with van der Waals surface area (Å²) in [7, 11) is 0. The lowest BCUT2D eigenvalue weighted by molar-refractivity contribution is -0.0282. The standard InChI is InChI=1S/C17H28ClNO/c1-12(2)13(3)20-16(11-19-17(4,5)6)14-7-9-15(18)10-8-14/h7-10,12-13,16,19H,11H2,1-6H3. The fourth-order valence-electron chi connectivity index (χ4n) is 1.74. The van der Waals surface area contributed by atoms with Crippen molar-refractivity contribution in [2.75, 3.05) is 6.54 Å². The molecule has 1 N–H and O–H groups in total. The van der Waals surface area contributed by atoms with Crippen molar-refractivity contribution in [1.29, 1.82) is 0 Å². The molecule has 2 unspecified atom stereocenters. The van der Waals surface area contributed by atoms with Crippen molar-refractivity contribution in [3.8, 4) is 0 Å². The zero-order valence-corrected chi connectivity index (χ0v) is 14.3. The smallest absolute Gasteiger partial charge is 0.0953 e. The summed E-state index contributed by atoms with van der Waals surface area (Å²) in [4.78, 5) is 0. The first-order valence-corrected chi connectivity index (χ1v) is 7.73. The Morgan fingerprint density at radius 3 is 2.10 bits per heavy atom. The molecule has 114 valence electrons. The summed E-state index contributed by atoms with van der Waals surface area (Å²) < 4.78 is 6.23. The van der Waals surface area contributed by atoms with Crippen molar-refractivity contribution >= 4 is 11.6 Å². The second-order valence-electron chi connectivity index (χ2n) is 6.76. The van der Waals surface area contributed by atoms with E-state index in [9.17, 15) is 0 Å². The van der Waals surface area contributed by atoms with Gasteiger partial charge in [0.2, 0.25) is 0 Å². The SMILES string of the molecule is CC(C)C(C)OC(CNC(C)(C)C)c1ccc(Cl)cc1. The summed E-state index contributed by atoms with van der Waals surface area (Å²) in [6, 6.07) is 7.93. The first-order chi connectivity index (χ1) is 9.19. The molecule has 0 aliphatic heterocycles. The van der Waals surface area contributed by atoms with Crippen LogP contribution in [0.5, 0.6) is 0 Å². The Morgan fingerprint density at radius 1 is 1.10 bits per heavy atom. The van der Waals surface area contributed by atoms with E-state index < -0.39 is 0 Å². The van der Waals surface area contributed by atoms with Crippen molar-refractivity contribution in [1.82, 2.24) is 5.32 Å². The highest BCUT2D eigenvalue weighted by atomic mass is 35.5. The third kappa shape index (κ3) is 6.25. The molecule has 20 heavy (non-hydrogen) atoms. The summed E-state index contributed by atoms with van der Waals surface area (Å²) in [5.74, 6) is 0.499. The fraction of sp³-hybridized carbons (Fsp3) is 0.647. The lowest BCUT2D eigenvalue weighted by Crippen LogP contribution is -2.39. The number of nitrogens with one attached hydrogen (secondary N) is 1. The Labute approximate surface area is 128 Å². The Morgan fingerprint density at radius 2 is 1.65 bits per heavy atom. The average molecular weight is 298 g/mol. The summed E-state index contributed by atoms with van der Waals surface area (Å²) >= 11 is 5.97. The van der Waals surface area contributed by atoms with Crippen LogP contribution in [0.2, 0.25) is 5.02 Å². The highest BCUT2D eigenvalue weighted by Crippen LogP contribution is 2.23. The quantitative estimate of drug-likeness (QED) is 0.812. The van der Waals surface area contributed by atoms with E-state index in [0.29, 0.717) is 5.92 Å². The topological polar surface area (TPSA) is 21.3 Å². The van der Waals surface area contributed by atoms with Crippen molar-refractivity contribution < 1.29 is 4.74 Å². The molecule has 0 spiro atoms. The van der Waals surface area contributed by atoms with Crippen LogP contribution < -0.4 is 5.32 Å². The summed E-state index contributed by atoms with van der Waals surface area (Å²) in [6.07, 6.45) is 0.265. The second-order valence-corrected chi connectivity index (χ2v) is 7.19. The van der Waals surface area contributed by atoms with E-state index in [1.807, 2.05) is 24.3 Å². The molecule has 0 saturated heterocycles. The number of hydrogen-bond donors (Lipinski definition) is 1. The van der Waals surface area contributed by atoms with Gasteiger partial charge in [-0.3, -0.25) is 0 Å². The van der Waals surface area contributed by atoms with E-state index in [1.165, 1.54) is 5.56 Å². The van der Waals surface area contributed by atoms with Crippen LogP contribution in [0.15, 0.2) is 24.3 Å². The van der Waals surface area contributed by atoms with E-state index >= 15 is 0 Å². The highest BCUT2D eigenvalue weighted by Gasteiger charge is 2.20. The first kappa shape index (κ1) is 17.5. The molecule has 1 aromatic rings. The Hall–Kier alpha value is -0.570. The predicted molar refractivity (Wildman–Crippen MR) is 87.3 cm³/mol. The van der Waals surface area contributed by atoms with Gasteiger partial charge in [0.05, 0.1) is 12.2 Å². The van der Waals surface area contributed by atoms with Gasteiger partial charge in [0.25, 0.3) is 0 Å². The maximum atomic E-state index is 6.23. The summed E-state index contributed by atoms with van der Waals surface area (Å²) in [5, 5.41) is 4.28. The maximum absolute atomic E-state index is 6.23. The minimum absolute atomic E-state index is 0.0453. The van der Waals surface area contributed by atoms with E-state index in [-0.39, 0.29) is 17.7 Å². The average Bonchev–Trinajstić information content (AvgIpc) is 2.34. The zero-order chi connectivity index (χ0) is 15.3. The van der Waals surface area contributed by atoms with Gasteiger partial charge in [0, 0.05) is 17.1 Å². The molecule has 2 nitrogen and oxygen atoms in total. The summed E-state index contributed by atoms with van der Waals surface area (Å²) in [6.45, 7) is 13.8. The molecular formula is C17H28ClNO. The molecule has 0 heterocycles. The van der Waals surface area contributed by atoms with Crippen LogP contribution in [0.4, 0.5) is 0 Å². The van der Waals surface area contributed by atoms with Crippen LogP contribution in [0, 0.1) is 5.92 Å². The van der Waals surface area contributed by atoms with E-state index in [0.717, 1.165) is 11.6 Å². The van der Waals surface area contributed by atoms with Gasteiger partial charge in [-0.15, -0.1) is 0 Å². The number of benzene rings is 1. The molecule has 0 amide bonds. The van der Waals surface area contributed by atoms with Gasteiger partial charge in [-0.1, -0.05) is 37.6 Å². The van der Waals surface area contributed by atoms with Gasteiger partial charge in [-0.25, -0.2) is 0 Å². The second kappa shape index (κ2) is 7.44. The Kier molecular flexibility index (Phi) is 6.50. The third-order valence-corrected chi connectivity index (χ3v) is 3.63. The monoisotopic (exact) mass is 297 g/mol. The zero-order valence-electron chi connectivity index (χ0n) is 13.5. The van der Waals surface area contributed by atoms with E-state index in [2.05, 4.69) is 46.9 Å². The number of halogens is 1. The lowest BCUT2D eigenvalue weighted by atomic mass is 10.0. The van der Waals surface area contributed by atoms with Gasteiger partial charge in [0.1, 0.15) is 0 Å². The van der Waals surface area contributed by atoms with Crippen LogP contribution in [-0.2, 0) is 4.74 Å². The lowest BCUT2D eigenvalue weighted by Gasteiger charge is -2.29. The highest BCUT2D eigenvalue weighted by molar-refractivity contribution is 6.30. The van der Waals surface area contributed by atoms with Crippen LogP contribution in [0.3, 0.4) is 0 Å². The minimum Gasteiger partial charge on any atom is -0.369 e. The number of rotatable bonds is 6. The van der Waals surface area contributed by atoms with Crippen LogP contribution in [-0.4, -0.2) is 18.2 Å². The van der Waals surface area contributed by atoms with Gasteiger partial charge in [-0.05, 0) is 51.3 Å². The molecule has 2 atom stereocenters. The Bertz CT molecular complexity index is 394. The normalized spacial score (nSPS) is 15.4. The minimum atomic E-state index is 0.0453. The number of hydrogen-bond acceptors (Lipinski definition) is 2.